The van der Waals surface area contributed by atoms with Crippen molar-refractivity contribution in [3.05, 3.63) is 29.8 Å². The Morgan fingerprint density at radius 3 is 2.47 bits per heavy atom. The van der Waals surface area contributed by atoms with Crippen molar-refractivity contribution in [3.63, 3.8) is 0 Å². The second-order valence-corrected chi connectivity index (χ2v) is 4.37. The number of nitrogens with two attached hydrogens (primary N) is 1. The first-order valence-electron chi connectivity index (χ1n) is 5.61. The Labute approximate surface area is 91.4 Å². The molecule has 1 aromatic carbocycles. The lowest BCUT2D eigenvalue weighted by Crippen LogP contribution is -2.14. The standard InChI is InChI=1S/C13H19NO/c1-3-13(8-11(13)9-14)10-4-6-12(15-2)7-5-10/h4-7,11H,3,8-9,14H2,1-2H3. The summed E-state index contributed by atoms with van der Waals surface area (Å²) in [6.07, 6.45) is 2.42. The van der Waals surface area contributed by atoms with Crippen molar-refractivity contribution in [2.45, 2.75) is 25.2 Å². The average Bonchev–Trinajstić information content (AvgIpc) is 3.04. The van der Waals surface area contributed by atoms with Gasteiger partial charge in [-0.1, -0.05) is 19.1 Å². The largest absolute Gasteiger partial charge is 0.497 e. The van der Waals surface area contributed by atoms with Crippen LogP contribution < -0.4 is 10.5 Å². The van der Waals surface area contributed by atoms with Crippen molar-refractivity contribution in [2.24, 2.45) is 11.7 Å². The zero-order chi connectivity index (χ0) is 10.9. The van der Waals surface area contributed by atoms with E-state index in [1.54, 1.807) is 7.11 Å². The van der Waals surface area contributed by atoms with Gasteiger partial charge in [0.2, 0.25) is 0 Å². The van der Waals surface area contributed by atoms with Crippen LogP contribution in [-0.4, -0.2) is 13.7 Å². The molecule has 2 atom stereocenters. The molecule has 2 N–H and O–H groups in total. The molecule has 0 spiro atoms. The van der Waals surface area contributed by atoms with Crippen LogP contribution >= 0.6 is 0 Å². The van der Waals surface area contributed by atoms with Crippen molar-refractivity contribution < 1.29 is 4.74 Å². The molecule has 2 nitrogen and oxygen atoms in total. The van der Waals surface area contributed by atoms with Gasteiger partial charge in [0.05, 0.1) is 7.11 Å². The molecule has 15 heavy (non-hydrogen) atoms. The van der Waals surface area contributed by atoms with Crippen molar-refractivity contribution in [1.29, 1.82) is 0 Å². The van der Waals surface area contributed by atoms with E-state index < -0.39 is 0 Å². The number of ether oxygens (including phenoxy) is 1. The van der Waals surface area contributed by atoms with E-state index in [1.165, 1.54) is 18.4 Å². The highest BCUT2D eigenvalue weighted by Gasteiger charge is 2.52. The molecule has 0 aliphatic heterocycles. The quantitative estimate of drug-likeness (QED) is 0.818. The molecule has 2 unspecified atom stereocenters. The topological polar surface area (TPSA) is 35.2 Å². The fourth-order valence-electron chi connectivity index (χ4n) is 2.60. The maximum absolute atomic E-state index is 5.75. The molecule has 0 bridgehead atoms. The number of rotatable bonds is 4. The Morgan fingerprint density at radius 1 is 1.40 bits per heavy atom. The van der Waals surface area contributed by atoms with Crippen LogP contribution in [-0.2, 0) is 5.41 Å². The van der Waals surface area contributed by atoms with E-state index >= 15 is 0 Å². The first-order chi connectivity index (χ1) is 7.26. The maximum Gasteiger partial charge on any atom is 0.118 e. The minimum absolute atomic E-state index is 0.362. The number of methoxy groups -OCH3 is 1. The van der Waals surface area contributed by atoms with Crippen LogP contribution in [0, 0.1) is 5.92 Å². The molecule has 0 aromatic heterocycles. The second-order valence-electron chi connectivity index (χ2n) is 4.37. The Balaban J connectivity index is 2.22. The van der Waals surface area contributed by atoms with Gasteiger partial charge in [-0.25, -0.2) is 0 Å². The molecule has 0 saturated heterocycles. The molecule has 0 heterocycles. The Hall–Kier alpha value is -1.02. The molecule has 1 aliphatic carbocycles. The predicted molar refractivity (Wildman–Crippen MR) is 62.1 cm³/mol. The van der Waals surface area contributed by atoms with Gasteiger partial charge in [0.1, 0.15) is 5.75 Å². The van der Waals surface area contributed by atoms with E-state index in [0.717, 1.165) is 12.3 Å². The molecule has 1 saturated carbocycles. The van der Waals surface area contributed by atoms with Gasteiger partial charge in [-0.05, 0) is 48.4 Å². The zero-order valence-corrected chi connectivity index (χ0v) is 9.49. The number of benzene rings is 1. The van der Waals surface area contributed by atoms with Gasteiger partial charge < -0.3 is 10.5 Å². The van der Waals surface area contributed by atoms with Gasteiger partial charge in [-0.2, -0.15) is 0 Å². The molecule has 1 aromatic rings. The summed E-state index contributed by atoms with van der Waals surface area (Å²) in [5.74, 6) is 1.60. The SMILES string of the molecule is CCC1(c2ccc(OC)cc2)CC1CN. The third-order valence-corrected chi connectivity index (χ3v) is 3.81. The summed E-state index contributed by atoms with van der Waals surface area (Å²) in [5, 5.41) is 0. The van der Waals surface area contributed by atoms with Crippen LogP contribution in [0.4, 0.5) is 0 Å². The van der Waals surface area contributed by atoms with E-state index in [9.17, 15) is 0 Å². The monoisotopic (exact) mass is 205 g/mol. The van der Waals surface area contributed by atoms with Crippen LogP contribution in [0.5, 0.6) is 5.75 Å². The van der Waals surface area contributed by atoms with Gasteiger partial charge in [0, 0.05) is 0 Å². The summed E-state index contributed by atoms with van der Waals surface area (Å²) >= 11 is 0. The lowest BCUT2D eigenvalue weighted by Gasteiger charge is -2.15. The Bertz CT molecular complexity index is 333. The first kappa shape index (κ1) is 10.5. The molecule has 1 aliphatic rings. The van der Waals surface area contributed by atoms with Gasteiger partial charge in [-0.3, -0.25) is 0 Å². The van der Waals surface area contributed by atoms with Crippen LogP contribution in [0.2, 0.25) is 0 Å². The highest BCUT2D eigenvalue weighted by atomic mass is 16.5. The van der Waals surface area contributed by atoms with Gasteiger partial charge in [0.25, 0.3) is 0 Å². The van der Waals surface area contributed by atoms with E-state index in [1.807, 2.05) is 12.1 Å². The molecular formula is C13H19NO. The highest BCUT2D eigenvalue weighted by Crippen LogP contribution is 2.56. The second kappa shape index (κ2) is 3.86. The van der Waals surface area contributed by atoms with Crippen LogP contribution in [0.1, 0.15) is 25.3 Å². The fourth-order valence-corrected chi connectivity index (χ4v) is 2.60. The van der Waals surface area contributed by atoms with Crippen molar-refractivity contribution in [3.8, 4) is 5.75 Å². The summed E-state index contributed by atoms with van der Waals surface area (Å²) in [6.45, 7) is 3.06. The smallest absolute Gasteiger partial charge is 0.118 e. The molecule has 2 heteroatoms. The van der Waals surface area contributed by atoms with Gasteiger partial charge in [-0.15, -0.1) is 0 Å². The maximum atomic E-state index is 5.75. The summed E-state index contributed by atoms with van der Waals surface area (Å²) in [4.78, 5) is 0. The minimum atomic E-state index is 0.362. The van der Waals surface area contributed by atoms with Gasteiger partial charge >= 0.3 is 0 Å². The normalized spacial score (nSPS) is 28.9. The predicted octanol–water partition coefficient (Wildman–Crippen LogP) is 2.32. The fraction of sp³-hybridized carbons (Fsp3) is 0.538. The van der Waals surface area contributed by atoms with E-state index in [0.29, 0.717) is 11.3 Å². The first-order valence-corrected chi connectivity index (χ1v) is 5.61. The Morgan fingerprint density at radius 2 is 2.07 bits per heavy atom. The highest BCUT2D eigenvalue weighted by molar-refractivity contribution is 5.37. The molecule has 0 amide bonds. The van der Waals surface area contributed by atoms with E-state index in [4.69, 9.17) is 10.5 Å². The van der Waals surface area contributed by atoms with Crippen LogP contribution in [0.25, 0.3) is 0 Å². The summed E-state index contributed by atoms with van der Waals surface area (Å²) in [7, 11) is 1.70. The van der Waals surface area contributed by atoms with Gasteiger partial charge in [0.15, 0.2) is 0 Å². The van der Waals surface area contributed by atoms with Crippen molar-refractivity contribution in [1.82, 2.24) is 0 Å². The third kappa shape index (κ3) is 1.63. The van der Waals surface area contributed by atoms with Crippen LogP contribution in [0.15, 0.2) is 24.3 Å². The molecular weight excluding hydrogens is 186 g/mol. The Kier molecular flexibility index (Phi) is 2.70. The molecule has 82 valence electrons. The molecule has 0 radical (unpaired) electrons. The zero-order valence-electron chi connectivity index (χ0n) is 9.49. The van der Waals surface area contributed by atoms with Crippen LogP contribution in [0.3, 0.4) is 0 Å². The molecule has 1 fully saturated rings. The van der Waals surface area contributed by atoms with E-state index in [2.05, 4.69) is 19.1 Å². The number of hydrogen-bond acceptors (Lipinski definition) is 2. The minimum Gasteiger partial charge on any atom is -0.497 e. The summed E-state index contributed by atoms with van der Waals surface area (Å²) in [5.41, 5.74) is 7.53. The third-order valence-electron chi connectivity index (χ3n) is 3.81. The lowest BCUT2D eigenvalue weighted by molar-refractivity contribution is 0.414. The number of hydrogen-bond donors (Lipinski definition) is 1. The van der Waals surface area contributed by atoms with Crippen molar-refractivity contribution >= 4 is 0 Å². The summed E-state index contributed by atoms with van der Waals surface area (Å²) < 4.78 is 5.16. The van der Waals surface area contributed by atoms with Crippen molar-refractivity contribution in [2.75, 3.05) is 13.7 Å². The molecule has 2 rings (SSSR count). The average molecular weight is 205 g/mol. The summed E-state index contributed by atoms with van der Waals surface area (Å²) in [6, 6.07) is 8.44. The lowest BCUT2D eigenvalue weighted by atomic mass is 9.90. The van der Waals surface area contributed by atoms with E-state index in [-0.39, 0.29) is 0 Å².